The van der Waals surface area contributed by atoms with Gasteiger partial charge in [0, 0.05) is 60.1 Å². The number of carbonyl (C=O) groups excluding carboxylic acids is 1. The first-order chi connectivity index (χ1) is 16.1. The summed E-state index contributed by atoms with van der Waals surface area (Å²) in [5.41, 5.74) is 7.79. The van der Waals surface area contributed by atoms with Crippen LogP contribution in [0, 0.1) is 0 Å². The summed E-state index contributed by atoms with van der Waals surface area (Å²) < 4.78 is 40.2. The number of nitrogens with two attached hydrogens (primary N) is 1. The van der Waals surface area contributed by atoms with Crippen LogP contribution < -0.4 is 11.1 Å². The van der Waals surface area contributed by atoms with E-state index in [4.69, 9.17) is 5.73 Å². The number of carbonyl (C=O) groups is 1. The minimum atomic E-state index is -4.50. The molecule has 2 aromatic heterocycles. The lowest BCUT2D eigenvalue weighted by atomic mass is 10.0. The van der Waals surface area contributed by atoms with Crippen LogP contribution in [-0.2, 0) is 32.2 Å². The van der Waals surface area contributed by atoms with Gasteiger partial charge in [0.05, 0.1) is 11.1 Å². The average molecular weight is 491 g/mol. The van der Waals surface area contributed by atoms with E-state index in [1.807, 2.05) is 0 Å². The Hall–Kier alpha value is -3.02. The molecule has 11 heteroatoms. The number of halogens is 3. The molecule has 0 saturated carbocycles. The fourth-order valence-electron chi connectivity index (χ4n) is 3.99. The van der Waals surface area contributed by atoms with Gasteiger partial charge in [0.15, 0.2) is 0 Å². The molecule has 1 amide bonds. The third-order valence-corrected chi connectivity index (χ3v) is 6.49. The molecule has 0 atom stereocenters. The molecular formula is C23H25F3N6OS. The molecule has 34 heavy (non-hydrogen) atoms. The molecule has 0 saturated heterocycles. The smallest absolute Gasteiger partial charge is 0.368 e. The van der Waals surface area contributed by atoms with Gasteiger partial charge in [-0.25, -0.2) is 9.97 Å². The molecule has 1 aliphatic rings. The summed E-state index contributed by atoms with van der Waals surface area (Å²) in [5.74, 6) is -0.166. The van der Waals surface area contributed by atoms with Crippen LogP contribution in [0.1, 0.15) is 37.5 Å². The second-order valence-electron chi connectivity index (χ2n) is 8.57. The van der Waals surface area contributed by atoms with Crippen molar-refractivity contribution in [1.82, 2.24) is 19.8 Å². The molecule has 180 valence electrons. The number of hydrogen-bond acceptors (Lipinski definition) is 7. The number of amides is 1. The first kappa shape index (κ1) is 24.1. The highest BCUT2D eigenvalue weighted by Crippen LogP contribution is 2.33. The standard InChI is InChI=1S/C23H25F3N6OS/c1-31(2)10-14-5-16(23(24,25)26)7-17(6-14)30-21(33)19-13-34-20-12-32(4-3-18(19)20)11-15-8-28-22(27)29-9-15/h5-9,13H,3-4,10-12H2,1-2H3,(H,30,33)(H2,27,28,29). The molecule has 0 unspecified atom stereocenters. The normalized spacial score (nSPS) is 14.3. The number of nitrogens with one attached hydrogen (secondary N) is 1. The highest BCUT2D eigenvalue weighted by Gasteiger charge is 2.31. The van der Waals surface area contributed by atoms with E-state index in [2.05, 4.69) is 20.2 Å². The Morgan fingerprint density at radius 2 is 1.94 bits per heavy atom. The zero-order valence-electron chi connectivity index (χ0n) is 18.8. The third kappa shape index (κ3) is 5.72. The Morgan fingerprint density at radius 1 is 1.21 bits per heavy atom. The third-order valence-electron chi connectivity index (χ3n) is 5.48. The van der Waals surface area contributed by atoms with E-state index in [0.717, 1.165) is 34.7 Å². The number of rotatable bonds is 6. The number of benzene rings is 1. The second-order valence-corrected chi connectivity index (χ2v) is 9.53. The van der Waals surface area contributed by atoms with Gasteiger partial charge in [-0.2, -0.15) is 13.2 Å². The fraction of sp³-hybridized carbons (Fsp3) is 0.348. The summed E-state index contributed by atoms with van der Waals surface area (Å²) in [6.45, 7) is 2.41. The lowest BCUT2D eigenvalue weighted by Gasteiger charge is -2.27. The fourth-order valence-corrected chi connectivity index (χ4v) is 5.11. The molecule has 0 fully saturated rings. The molecule has 3 heterocycles. The zero-order valence-corrected chi connectivity index (χ0v) is 19.6. The summed E-state index contributed by atoms with van der Waals surface area (Å²) >= 11 is 1.49. The van der Waals surface area contributed by atoms with E-state index in [9.17, 15) is 18.0 Å². The van der Waals surface area contributed by atoms with Crippen LogP contribution in [0.5, 0.6) is 0 Å². The molecule has 0 radical (unpaired) electrons. The molecule has 3 aromatic rings. The Morgan fingerprint density at radius 3 is 2.62 bits per heavy atom. The van der Waals surface area contributed by atoms with E-state index < -0.39 is 17.6 Å². The quantitative estimate of drug-likeness (QED) is 0.543. The topological polar surface area (TPSA) is 87.4 Å². The number of aromatic nitrogens is 2. The highest BCUT2D eigenvalue weighted by molar-refractivity contribution is 7.10. The first-order valence-electron chi connectivity index (χ1n) is 10.6. The number of hydrogen-bond donors (Lipinski definition) is 2. The lowest BCUT2D eigenvalue weighted by molar-refractivity contribution is -0.137. The molecular weight excluding hydrogens is 465 g/mol. The molecule has 0 bridgehead atoms. The van der Waals surface area contributed by atoms with Gasteiger partial charge >= 0.3 is 6.18 Å². The van der Waals surface area contributed by atoms with Gasteiger partial charge in [-0.15, -0.1) is 11.3 Å². The Balaban J connectivity index is 1.49. The van der Waals surface area contributed by atoms with E-state index in [0.29, 0.717) is 37.2 Å². The van der Waals surface area contributed by atoms with Crippen molar-refractivity contribution in [1.29, 1.82) is 0 Å². The first-order valence-corrected chi connectivity index (χ1v) is 11.5. The zero-order chi connectivity index (χ0) is 24.5. The van der Waals surface area contributed by atoms with Gasteiger partial charge in [0.25, 0.3) is 5.91 Å². The van der Waals surface area contributed by atoms with Gasteiger partial charge < -0.3 is 16.0 Å². The number of thiophene rings is 1. The lowest BCUT2D eigenvalue weighted by Crippen LogP contribution is -2.30. The van der Waals surface area contributed by atoms with Gasteiger partial charge in [0.1, 0.15) is 0 Å². The minimum absolute atomic E-state index is 0.136. The van der Waals surface area contributed by atoms with Crippen LogP contribution in [0.4, 0.5) is 24.8 Å². The van der Waals surface area contributed by atoms with Gasteiger partial charge in [0.2, 0.25) is 5.95 Å². The Kier molecular flexibility index (Phi) is 6.87. The molecule has 0 spiro atoms. The van der Waals surface area contributed by atoms with E-state index in [-0.39, 0.29) is 11.6 Å². The highest BCUT2D eigenvalue weighted by atomic mass is 32.1. The van der Waals surface area contributed by atoms with E-state index >= 15 is 0 Å². The maximum absolute atomic E-state index is 13.4. The van der Waals surface area contributed by atoms with Crippen molar-refractivity contribution in [3.8, 4) is 0 Å². The molecule has 7 nitrogen and oxygen atoms in total. The van der Waals surface area contributed by atoms with Crippen molar-refractivity contribution >= 4 is 28.9 Å². The van der Waals surface area contributed by atoms with Crippen LogP contribution in [0.3, 0.4) is 0 Å². The van der Waals surface area contributed by atoms with Crippen LogP contribution >= 0.6 is 11.3 Å². The largest absolute Gasteiger partial charge is 0.416 e. The Labute approximate surface area is 199 Å². The summed E-state index contributed by atoms with van der Waals surface area (Å²) in [6.07, 6.45) is -0.427. The summed E-state index contributed by atoms with van der Waals surface area (Å²) in [5, 5.41) is 4.47. The monoisotopic (exact) mass is 490 g/mol. The number of anilines is 2. The van der Waals surface area contributed by atoms with E-state index in [1.165, 1.54) is 11.3 Å². The predicted octanol–water partition coefficient (Wildman–Crippen LogP) is 4.01. The van der Waals surface area contributed by atoms with Crippen molar-refractivity contribution in [2.45, 2.75) is 32.2 Å². The van der Waals surface area contributed by atoms with E-state index in [1.54, 1.807) is 42.8 Å². The number of fused-ring (bicyclic) bond motifs is 1. The predicted molar refractivity (Wildman–Crippen MR) is 125 cm³/mol. The molecule has 1 aromatic carbocycles. The van der Waals surface area contributed by atoms with Crippen LogP contribution in [0.15, 0.2) is 36.0 Å². The maximum atomic E-state index is 13.4. The SMILES string of the molecule is CN(C)Cc1cc(NC(=O)c2csc3c2CCN(Cc2cnc(N)nc2)C3)cc(C(F)(F)F)c1. The summed E-state index contributed by atoms with van der Waals surface area (Å²) in [7, 11) is 3.55. The second kappa shape index (κ2) is 9.69. The van der Waals surface area contributed by atoms with Gasteiger partial charge in [-0.1, -0.05) is 0 Å². The molecule has 3 N–H and O–H groups in total. The number of nitrogen functional groups attached to an aromatic ring is 1. The van der Waals surface area contributed by atoms with Crippen LogP contribution in [-0.4, -0.2) is 46.3 Å². The number of nitrogens with zero attached hydrogens (tertiary/aromatic N) is 4. The molecule has 4 rings (SSSR count). The van der Waals surface area contributed by atoms with Crippen LogP contribution in [0.2, 0.25) is 0 Å². The Bertz CT molecular complexity index is 1180. The summed E-state index contributed by atoms with van der Waals surface area (Å²) in [4.78, 5) is 26.1. The van der Waals surface area contributed by atoms with Crippen LogP contribution in [0.25, 0.3) is 0 Å². The van der Waals surface area contributed by atoms with Crippen molar-refractivity contribution < 1.29 is 18.0 Å². The average Bonchev–Trinajstić information content (AvgIpc) is 3.17. The van der Waals surface area contributed by atoms with Gasteiger partial charge in [-0.05, 0) is 49.8 Å². The van der Waals surface area contributed by atoms with Crippen molar-refractivity contribution in [2.24, 2.45) is 0 Å². The molecule has 0 aliphatic carbocycles. The van der Waals surface area contributed by atoms with Crippen molar-refractivity contribution in [2.75, 3.05) is 31.7 Å². The summed E-state index contributed by atoms with van der Waals surface area (Å²) in [6, 6.07) is 3.68. The van der Waals surface area contributed by atoms with Crippen molar-refractivity contribution in [3.63, 3.8) is 0 Å². The minimum Gasteiger partial charge on any atom is -0.368 e. The van der Waals surface area contributed by atoms with Crippen molar-refractivity contribution in [3.05, 3.63) is 68.7 Å². The van der Waals surface area contributed by atoms with Gasteiger partial charge in [-0.3, -0.25) is 9.69 Å². The number of alkyl halides is 3. The molecule has 1 aliphatic heterocycles. The maximum Gasteiger partial charge on any atom is 0.416 e.